The average molecular weight is 393 g/mol. The molecule has 0 unspecified atom stereocenters. The van der Waals surface area contributed by atoms with Gasteiger partial charge in [-0.25, -0.2) is 0 Å². The van der Waals surface area contributed by atoms with Gasteiger partial charge in [0.1, 0.15) is 0 Å². The Morgan fingerprint density at radius 2 is 1.79 bits per heavy atom. The van der Waals surface area contributed by atoms with E-state index in [0.717, 1.165) is 48.2 Å². The number of hydrogen-bond acceptors (Lipinski definition) is 4. The minimum absolute atomic E-state index is 0.185. The van der Waals surface area contributed by atoms with Crippen LogP contribution in [0.25, 0.3) is 17.1 Å². The van der Waals surface area contributed by atoms with Crippen LogP contribution in [0.3, 0.4) is 0 Å². The monoisotopic (exact) mass is 392 g/mol. The molecule has 0 saturated carbocycles. The predicted molar refractivity (Wildman–Crippen MR) is 113 cm³/mol. The van der Waals surface area contributed by atoms with Crippen molar-refractivity contribution in [2.75, 3.05) is 18.8 Å². The first-order valence-corrected chi connectivity index (χ1v) is 10.7. The SMILES string of the molecule is Cc1cccc(-n2c(SCC(=O)N3CCCCC3)nnc2-c2ccccc2)c1. The van der Waals surface area contributed by atoms with Gasteiger partial charge < -0.3 is 4.90 Å². The Morgan fingerprint density at radius 1 is 1.00 bits per heavy atom. The second-order valence-corrected chi connectivity index (χ2v) is 8.02. The van der Waals surface area contributed by atoms with Crippen LogP contribution < -0.4 is 0 Å². The van der Waals surface area contributed by atoms with Crippen molar-refractivity contribution in [1.82, 2.24) is 19.7 Å². The molecule has 1 aliphatic heterocycles. The van der Waals surface area contributed by atoms with Gasteiger partial charge in [0.2, 0.25) is 5.91 Å². The molecule has 1 aromatic heterocycles. The quantitative estimate of drug-likeness (QED) is 0.606. The van der Waals surface area contributed by atoms with Crippen molar-refractivity contribution in [3.63, 3.8) is 0 Å². The van der Waals surface area contributed by atoms with Crippen LogP contribution in [0.4, 0.5) is 0 Å². The highest BCUT2D eigenvalue weighted by Gasteiger charge is 2.20. The molecule has 3 aromatic rings. The van der Waals surface area contributed by atoms with Gasteiger partial charge in [-0.05, 0) is 43.9 Å². The van der Waals surface area contributed by atoms with Crippen LogP contribution in [0.1, 0.15) is 24.8 Å². The number of likely N-dealkylation sites (tertiary alicyclic amines) is 1. The smallest absolute Gasteiger partial charge is 0.233 e. The van der Waals surface area contributed by atoms with Gasteiger partial charge in [0, 0.05) is 24.3 Å². The third-order valence-corrected chi connectivity index (χ3v) is 5.87. The molecule has 1 fully saturated rings. The number of aryl methyl sites for hydroxylation is 1. The van der Waals surface area contributed by atoms with E-state index in [1.54, 1.807) is 0 Å². The molecule has 1 saturated heterocycles. The van der Waals surface area contributed by atoms with E-state index in [4.69, 9.17) is 0 Å². The van der Waals surface area contributed by atoms with Crippen molar-refractivity contribution in [3.05, 3.63) is 60.2 Å². The number of rotatable bonds is 5. The summed E-state index contributed by atoms with van der Waals surface area (Å²) in [6.45, 7) is 3.82. The average Bonchev–Trinajstić information content (AvgIpc) is 3.17. The Hall–Kier alpha value is -2.60. The fourth-order valence-corrected chi connectivity index (χ4v) is 4.35. The molecular weight excluding hydrogens is 368 g/mol. The van der Waals surface area contributed by atoms with Crippen molar-refractivity contribution in [2.45, 2.75) is 31.3 Å². The second-order valence-electron chi connectivity index (χ2n) is 7.08. The fraction of sp³-hybridized carbons (Fsp3) is 0.318. The van der Waals surface area contributed by atoms with E-state index in [-0.39, 0.29) is 5.91 Å². The molecule has 0 spiro atoms. The Bertz CT molecular complexity index is 948. The van der Waals surface area contributed by atoms with Gasteiger partial charge in [0.05, 0.1) is 5.75 Å². The first-order valence-electron chi connectivity index (χ1n) is 9.71. The molecule has 6 heteroatoms. The number of aromatic nitrogens is 3. The molecule has 0 aliphatic carbocycles. The minimum Gasteiger partial charge on any atom is -0.342 e. The lowest BCUT2D eigenvalue weighted by Gasteiger charge is -2.26. The number of carbonyl (C=O) groups excluding carboxylic acids is 1. The Balaban J connectivity index is 1.63. The van der Waals surface area contributed by atoms with Crippen LogP contribution in [-0.4, -0.2) is 44.4 Å². The lowest BCUT2D eigenvalue weighted by molar-refractivity contribution is -0.129. The summed E-state index contributed by atoms with van der Waals surface area (Å²) in [6.07, 6.45) is 3.43. The third-order valence-electron chi connectivity index (χ3n) is 4.96. The molecule has 4 rings (SSSR count). The molecular formula is C22H24N4OS. The van der Waals surface area contributed by atoms with Crippen LogP contribution in [0.2, 0.25) is 0 Å². The van der Waals surface area contributed by atoms with E-state index in [1.165, 1.54) is 23.7 Å². The number of hydrogen-bond donors (Lipinski definition) is 0. The number of carbonyl (C=O) groups is 1. The molecule has 28 heavy (non-hydrogen) atoms. The molecule has 0 bridgehead atoms. The zero-order valence-electron chi connectivity index (χ0n) is 16.0. The summed E-state index contributed by atoms with van der Waals surface area (Å²) in [4.78, 5) is 14.6. The summed E-state index contributed by atoms with van der Waals surface area (Å²) in [5.41, 5.74) is 3.19. The second kappa shape index (κ2) is 8.61. The fourth-order valence-electron chi connectivity index (χ4n) is 3.50. The molecule has 1 aliphatic rings. The normalized spacial score (nSPS) is 14.2. The largest absolute Gasteiger partial charge is 0.342 e. The third kappa shape index (κ3) is 4.12. The van der Waals surface area contributed by atoms with Crippen molar-refractivity contribution >= 4 is 17.7 Å². The van der Waals surface area contributed by atoms with Crippen molar-refractivity contribution < 1.29 is 4.79 Å². The van der Waals surface area contributed by atoms with E-state index < -0.39 is 0 Å². The lowest BCUT2D eigenvalue weighted by atomic mass is 10.1. The highest BCUT2D eigenvalue weighted by molar-refractivity contribution is 7.99. The van der Waals surface area contributed by atoms with Crippen LogP contribution in [-0.2, 0) is 4.79 Å². The highest BCUT2D eigenvalue weighted by atomic mass is 32.2. The topological polar surface area (TPSA) is 51.0 Å². The standard InChI is InChI=1S/C22H24N4OS/c1-17-9-8-12-19(15-17)26-21(18-10-4-2-5-11-18)23-24-22(26)28-16-20(27)25-13-6-3-7-14-25/h2,4-5,8-12,15H,3,6-7,13-14,16H2,1H3. The number of nitrogens with zero attached hydrogens (tertiary/aromatic N) is 4. The maximum absolute atomic E-state index is 12.6. The number of amides is 1. The van der Waals surface area contributed by atoms with E-state index in [2.05, 4.69) is 39.9 Å². The Morgan fingerprint density at radius 3 is 2.54 bits per heavy atom. The van der Waals surface area contributed by atoms with Crippen molar-refractivity contribution in [1.29, 1.82) is 0 Å². The molecule has 5 nitrogen and oxygen atoms in total. The van der Waals surface area contributed by atoms with Crippen molar-refractivity contribution in [3.8, 4) is 17.1 Å². The summed E-state index contributed by atoms with van der Waals surface area (Å²) >= 11 is 1.46. The Kier molecular flexibility index (Phi) is 5.76. The van der Waals surface area contributed by atoms with Gasteiger partial charge in [0.25, 0.3) is 0 Å². The maximum atomic E-state index is 12.6. The Labute approximate surface area is 169 Å². The number of benzene rings is 2. The zero-order valence-corrected chi connectivity index (χ0v) is 16.9. The van der Waals surface area contributed by atoms with E-state index in [1.807, 2.05) is 41.3 Å². The number of thioether (sulfide) groups is 1. The van der Waals surface area contributed by atoms with Crippen LogP contribution in [0.5, 0.6) is 0 Å². The molecule has 2 aromatic carbocycles. The summed E-state index contributed by atoms with van der Waals surface area (Å²) in [7, 11) is 0. The maximum Gasteiger partial charge on any atom is 0.233 e. The van der Waals surface area contributed by atoms with Gasteiger partial charge >= 0.3 is 0 Å². The summed E-state index contributed by atoms with van der Waals surface area (Å²) in [6, 6.07) is 18.3. The van der Waals surface area contributed by atoms with Crippen LogP contribution >= 0.6 is 11.8 Å². The summed E-state index contributed by atoms with van der Waals surface area (Å²) < 4.78 is 2.05. The van der Waals surface area contributed by atoms with Crippen molar-refractivity contribution in [2.24, 2.45) is 0 Å². The van der Waals surface area contributed by atoms with Gasteiger partial charge in [0.15, 0.2) is 11.0 Å². The number of piperidine rings is 1. The van der Waals surface area contributed by atoms with E-state index in [9.17, 15) is 4.79 Å². The van der Waals surface area contributed by atoms with Gasteiger partial charge in [-0.15, -0.1) is 10.2 Å². The predicted octanol–water partition coefficient (Wildman–Crippen LogP) is 4.35. The van der Waals surface area contributed by atoms with Gasteiger partial charge in [-0.1, -0.05) is 54.2 Å². The lowest BCUT2D eigenvalue weighted by Crippen LogP contribution is -2.36. The molecule has 0 atom stereocenters. The van der Waals surface area contributed by atoms with Gasteiger partial charge in [-0.2, -0.15) is 0 Å². The summed E-state index contributed by atoms with van der Waals surface area (Å²) in [5.74, 6) is 1.36. The zero-order chi connectivity index (χ0) is 19.3. The first kappa shape index (κ1) is 18.7. The van der Waals surface area contributed by atoms with Crippen LogP contribution in [0.15, 0.2) is 59.8 Å². The molecule has 0 radical (unpaired) electrons. The minimum atomic E-state index is 0.185. The molecule has 2 heterocycles. The van der Waals surface area contributed by atoms with E-state index in [0.29, 0.717) is 5.75 Å². The molecule has 1 amide bonds. The molecule has 0 N–H and O–H groups in total. The van der Waals surface area contributed by atoms with Gasteiger partial charge in [-0.3, -0.25) is 9.36 Å². The highest BCUT2D eigenvalue weighted by Crippen LogP contribution is 2.28. The van der Waals surface area contributed by atoms with Crippen LogP contribution in [0, 0.1) is 6.92 Å². The summed E-state index contributed by atoms with van der Waals surface area (Å²) in [5, 5.41) is 9.62. The van der Waals surface area contributed by atoms with E-state index >= 15 is 0 Å². The molecule has 144 valence electrons. The first-order chi connectivity index (χ1) is 13.7.